The number of esters is 1. The zero-order valence-corrected chi connectivity index (χ0v) is 13.2. The Balaban J connectivity index is 1.96. The van der Waals surface area contributed by atoms with Gasteiger partial charge in [-0.05, 0) is 25.1 Å². The zero-order chi connectivity index (χ0) is 17.7. The van der Waals surface area contributed by atoms with E-state index in [-0.39, 0.29) is 23.4 Å². The van der Waals surface area contributed by atoms with Gasteiger partial charge in [-0.25, -0.2) is 4.79 Å². The van der Waals surface area contributed by atoms with Crippen LogP contribution in [0.4, 0.5) is 5.69 Å². The number of hydrogen-bond donors (Lipinski definition) is 0. The second-order valence-corrected chi connectivity index (χ2v) is 5.11. The van der Waals surface area contributed by atoms with Crippen molar-refractivity contribution < 1.29 is 23.7 Å². The molecule has 1 heterocycles. The Morgan fingerprint density at radius 3 is 2.67 bits per heavy atom. The van der Waals surface area contributed by atoms with E-state index < -0.39 is 23.4 Å². The summed E-state index contributed by atoms with van der Waals surface area (Å²) in [7, 11) is 1.55. The smallest absolute Gasteiger partial charge is 0.339 e. The van der Waals surface area contributed by atoms with E-state index in [1.165, 1.54) is 36.3 Å². The number of carbonyl (C=O) groups is 2. The summed E-state index contributed by atoms with van der Waals surface area (Å²) in [6.45, 7) is 1.25. The van der Waals surface area contributed by atoms with Gasteiger partial charge >= 0.3 is 5.97 Å². The highest BCUT2D eigenvalue weighted by atomic mass is 16.6. The molecular weight excluding hydrogens is 316 g/mol. The minimum Gasteiger partial charge on any atom is -0.467 e. The number of nitrogens with zero attached hydrogens (tertiary/aromatic N) is 2. The molecule has 126 valence electrons. The molecule has 0 spiro atoms. The predicted molar refractivity (Wildman–Crippen MR) is 83.3 cm³/mol. The lowest BCUT2D eigenvalue weighted by Gasteiger charge is -2.15. The molecule has 0 saturated carbocycles. The Morgan fingerprint density at radius 2 is 2.04 bits per heavy atom. The zero-order valence-electron chi connectivity index (χ0n) is 13.2. The van der Waals surface area contributed by atoms with Gasteiger partial charge in [-0.1, -0.05) is 6.07 Å². The Bertz CT molecular complexity index is 754. The molecule has 0 radical (unpaired) electrons. The van der Waals surface area contributed by atoms with Gasteiger partial charge in [0.05, 0.1) is 23.3 Å². The maximum absolute atomic E-state index is 12.1. The van der Waals surface area contributed by atoms with Crippen LogP contribution in [-0.2, 0) is 16.1 Å². The summed E-state index contributed by atoms with van der Waals surface area (Å²) < 4.78 is 10.1. The van der Waals surface area contributed by atoms with Crippen LogP contribution in [0.3, 0.4) is 0 Å². The molecule has 2 aromatic rings. The summed E-state index contributed by atoms with van der Waals surface area (Å²) in [6.07, 6.45) is 1.50. The lowest BCUT2D eigenvalue weighted by atomic mass is 10.1. The highest BCUT2D eigenvalue weighted by Crippen LogP contribution is 2.21. The molecule has 0 saturated heterocycles. The first-order chi connectivity index (χ1) is 11.4. The Morgan fingerprint density at radius 1 is 1.29 bits per heavy atom. The van der Waals surface area contributed by atoms with Gasteiger partial charge in [-0.2, -0.15) is 0 Å². The number of rotatable bonds is 6. The summed E-state index contributed by atoms with van der Waals surface area (Å²) in [5, 5.41) is 10.9. The van der Waals surface area contributed by atoms with Crippen LogP contribution in [-0.4, -0.2) is 35.4 Å². The monoisotopic (exact) mass is 332 g/mol. The van der Waals surface area contributed by atoms with Crippen LogP contribution in [0.5, 0.6) is 0 Å². The fourth-order valence-corrected chi connectivity index (χ4v) is 2.08. The Labute approximate surface area is 137 Å². The molecule has 0 N–H and O–H groups in total. The number of benzene rings is 1. The molecule has 0 bridgehead atoms. The number of furan rings is 1. The SMILES string of the molecule is Cc1c(C(=O)OCC(=O)N(C)Cc2ccco2)cccc1[N+](=O)[O-]. The van der Waals surface area contributed by atoms with Gasteiger partial charge in [0.15, 0.2) is 6.61 Å². The first kappa shape index (κ1) is 17.2. The van der Waals surface area contributed by atoms with Crippen LogP contribution >= 0.6 is 0 Å². The number of nitro benzene ring substituents is 1. The van der Waals surface area contributed by atoms with Crippen LogP contribution in [0.15, 0.2) is 41.0 Å². The van der Waals surface area contributed by atoms with Crippen molar-refractivity contribution in [3.8, 4) is 0 Å². The number of ether oxygens (including phenoxy) is 1. The molecule has 1 amide bonds. The largest absolute Gasteiger partial charge is 0.467 e. The van der Waals surface area contributed by atoms with Crippen LogP contribution in [0.1, 0.15) is 21.7 Å². The van der Waals surface area contributed by atoms with Gasteiger partial charge in [0.2, 0.25) is 0 Å². The maximum Gasteiger partial charge on any atom is 0.339 e. The number of amides is 1. The minimum absolute atomic E-state index is 0.0608. The summed E-state index contributed by atoms with van der Waals surface area (Å²) in [6, 6.07) is 7.55. The van der Waals surface area contributed by atoms with Crippen molar-refractivity contribution in [2.24, 2.45) is 0 Å². The first-order valence-corrected chi connectivity index (χ1v) is 7.07. The lowest BCUT2D eigenvalue weighted by Crippen LogP contribution is -2.30. The van der Waals surface area contributed by atoms with Crippen LogP contribution < -0.4 is 0 Å². The summed E-state index contributed by atoms with van der Waals surface area (Å²) >= 11 is 0. The van der Waals surface area contributed by atoms with Gasteiger partial charge in [-0.3, -0.25) is 14.9 Å². The van der Waals surface area contributed by atoms with Gasteiger partial charge < -0.3 is 14.1 Å². The average molecular weight is 332 g/mol. The van der Waals surface area contributed by atoms with Gasteiger partial charge in [-0.15, -0.1) is 0 Å². The summed E-state index contributed by atoms with van der Waals surface area (Å²) in [5.41, 5.74) is 0.0836. The maximum atomic E-state index is 12.1. The molecule has 0 fully saturated rings. The Hall–Kier alpha value is -3.16. The van der Waals surface area contributed by atoms with Crippen LogP contribution in [0.25, 0.3) is 0 Å². The topological polar surface area (TPSA) is 103 Å². The molecule has 1 aromatic heterocycles. The van der Waals surface area contributed by atoms with Crippen molar-refractivity contribution in [1.82, 2.24) is 4.90 Å². The Kier molecular flexibility index (Phi) is 5.31. The van der Waals surface area contributed by atoms with Gasteiger partial charge in [0, 0.05) is 18.7 Å². The van der Waals surface area contributed by atoms with Crippen molar-refractivity contribution in [3.05, 3.63) is 63.6 Å². The highest BCUT2D eigenvalue weighted by Gasteiger charge is 2.20. The first-order valence-electron chi connectivity index (χ1n) is 7.07. The second kappa shape index (κ2) is 7.40. The summed E-state index contributed by atoms with van der Waals surface area (Å²) in [5.74, 6) is -0.592. The average Bonchev–Trinajstić information content (AvgIpc) is 3.05. The van der Waals surface area contributed by atoms with Crippen molar-refractivity contribution in [2.45, 2.75) is 13.5 Å². The van der Waals surface area contributed by atoms with E-state index in [1.54, 1.807) is 19.2 Å². The van der Waals surface area contributed by atoms with E-state index in [2.05, 4.69) is 0 Å². The van der Waals surface area contributed by atoms with E-state index in [0.29, 0.717) is 5.76 Å². The molecule has 1 aromatic carbocycles. The standard InChI is InChI=1S/C16H16N2O6/c1-11-13(6-3-7-14(11)18(21)22)16(20)24-10-15(19)17(2)9-12-5-4-8-23-12/h3-8H,9-10H2,1-2H3. The third-order valence-electron chi connectivity index (χ3n) is 3.45. The van der Waals surface area contributed by atoms with E-state index in [9.17, 15) is 19.7 Å². The molecule has 24 heavy (non-hydrogen) atoms. The molecule has 0 aliphatic carbocycles. The normalized spacial score (nSPS) is 10.2. The van der Waals surface area contributed by atoms with Gasteiger partial charge in [0.1, 0.15) is 5.76 Å². The predicted octanol–water partition coefficient (Wildman–Crippen LogP) is 2.31. The van der Waals surface area contributed by atoms with Crippen molar-refractivity contribution >= 4 is 17.6 Å². The fraction of sp³-hybridized carbons (Fsp3) is 0.250. The van der Waals surface area contributed by atoms with E-state index in [1.807, 2.05) is 0 Å². The van der Waals surface area contributed by atoms with E-state index >= 15 is 0 Å². The molecule has 8 heteroatoms. The number of carbonyl (C=O) groups excluding carboxylic acids is 2. The third kappa shape index (κ3) is 3.97. The van der Waals surface area contributed by atoms with Crippen molar-refractivity contribution in [1.29, 1.82) is 0 Å². The van der Waals surface area contributed by atoms with E-state index in [0.717, 1.165) is 0 Å². The molecule has 0 aliphatic rings. The molecule has 8 nitrogen and oxygen atoms in total. The van der Waals surface area contributed by atoms with Crippen LogP contribution in [0.2, 0.25) is 0 Å². The molecule has 0 atom stereocenters. The summed E-state index contributed by atoms with van der Waals surface area (Å²) in [4.78, 5) is 35.7. The molecule has 0 unspecified atom stereocenters. The fourth-order valence-electron chi connectivity index (χ4n) is 2.08. The second-order valence-electron chi connectivity index (χ2n) is 5.11. The minimum atomic E-state index is -0.782. The van der Waals surface area contributed by atoms with E-state index in [4.69, 9.17) is 9.15 Å². The number of hydrogen-bond acceptors (Lipinski definition) is 6. The number of likely N-dealkylation sites (N-methyl/N-ethyl adjacent to an activating group) is 1. The van der Waals surface area contributed by atoms with Crippen molar-refractivity contribution in [2.75, 3.05) is 13.7 Å². The van der Waals surface area contributed by atoms with Crippen LogP contribution in [0, 0.1) is 17.0 Å². The quantitative estimate of drug-likeness (QED) is 0.457. The lowest BCUT2D eigenvalue weighted by molar-refractivity contribution is -0.385. The third-order valence-corrected chi connectivity index (χ3v) is 3.45. The number of nitro groups is 1. The molecular formula is C16H16N2O6. The molecule has 0 aliphatic heterocycles. The van der Waals surface area contributed by atoms with Crippen molar-refractivity contribution in [3.63, 3.8) is 0 Å². The highest BCUT2D eigenvalue weighted by molar-refractivity contribution is 5.93. The molecule has 2 rings (SSSR count). The van der Waals surface area contributed by atoms with Gasteiger partial charge in [0.25, 0.3) is 11.6 Å².